The van der Waals surface area contributed by atoms with Gasteiger partial charge in [0.2, 0.25) is 18.6 Å². The highest BCUT2D eigenvalue weighted by Gasteiger charge is 2.42. The minimum Gasteiger partial charge on any atom is -0.454 e. The average molecular weight is 576 g/mol. The second-order valence-electron chi connectivity index (χ2n) is 10.6. The Kier molecular flexibility index (Phi) is 7.95. The summed E-state index contributed by atoms with van der Waals surface area (Å²) in [5.74, 6) is 1.27. The monoisotopic (exact) mass is 575 g/mol. The molecule has 1 saturated carbocycles. The van der Waals surface area contributed by atoms with E-state index in [9.17, 15) is 14.4 Å². The average Bonchev–Trinajstić information content (AvgIpc) is 3.59. The first-order valence-corrected chi connectivity index (χ1v) is 15.1. The lowest BCUT2D eigenvalue weighted by atomic mass is 9.95. The van der Waals surface area contributed by atoms with Crippen molar-refractivity contribution in [1.82, 2.24) is 10.2 Å². The van der Waals surface area contributed by atoms with Crippen LogP contribution in [0, 0.1) is 0 Å². The number of benzene rings is 2. The zero-order valence-electron chi connectivity index (χ0n) is 22.9. The van der Waals surface area contributed by atoms with E-state index in [2.05, 4.69) is 10.6 Å². The van der Waals surface area contributed by atoms with E-state index in [4.69, 9.17) is 19.5 Å². The molecule has 0 aromatic heterocycles. The molecule has 3 heterocycles. The third-order valence-corrected chi connectivity index (χ3v) is 9.03. The highest BCUT2D eigenvalue weighted by Crippen LogP contribution is 2.37. The summed E-state index contributed by atoms with van der Waals surface area (Å²) in [6, 6.07) is 12.3. The molecule has 0 saturated heterocycles. The standard InChI is InChI=1S/C30H33N5O5S/c1-2-25(28(37)32-19-12-14-23-24(16-19)40-17-39-23)41-30-34-21-11-7-6-10-20(21)27-33-22(29(38)35(27)30)13-15-26(36)31-18-8-4-3-5-9-18/h6-7,10-12,14,16,18,22,25H,2-5,8-9,13,15,17H2,1H3,(H,31,36)(H,32,37)/t22-,25-/m1/s1. The van der Waals surface area contributed by atoms with Gasteiger partial charge in [0.1, 0.15) is 11.9 Å². The fourth-order valence-electron chi connectivity index (χ4n) is 5.53. The number of hydrogen-bond acceptors (Lipinski definition) is 8. The third kappa shape index (κ3) is 5.81. The van der Waals surface area contributed by atoms with Crippen LogP contribution in [-0.4, -0.2) is 57.8 Å². The number of rotatable bonds is 8. The lowest BCUT2D eigenvalue weighted by Crippen LogP contribution is -2.43. The fraction of sp³-hybridized carbons (Fsp3) is 0.433. The maximum atomic E-state index is 13.7. The molecular formula is C30H33N5O5S. The number of para-hydroxylation sites is 1. The molecule has 0 bridgehead atoms. The van der Waals surface area contributed by atoms with Crippen LogP contribution in [0.5, 0.6) is 11.5 Å². The zero-order chi connectivity index (χ0) is 28.3. The number of thioether (sulfide) groups is 1. The SMILES string of the molecule is CC[C@@H](SC1=Nc2ccccc2C2=N[C@H](CCC(=O)NC3CCCCC3)C(=O)N12)C(=O)Nc1ccc2c(c1)OCO2. The molecule has 214 valence electrons. The summed E-state index contributed by atoms with van der Waals surface area (Å²) in [5, 5.41) is 5.97. The largest absolute Gasteiger partial charge is 0.454 e. The molecule has 2 aromatic carbocycles. The van der Waals surface area contributed by atoms with Gasteiger partial charge >= 0.3 is 0 Å². The number of hydrogen-bond donors (Lipinski definition) is 2. The molecule has 0 spiro atoms. The van der Waals surface area contributed by atoms with E-state index in [1.165, 1.54) is 23.1 Å². The number of carbonyl (C=O) groups is 3. The van der Waals surface area contributed by atoms with Crippen molar-refractivity contribution in [3.63, 3.8) is 0 Å². The summed E-state index contributed by atoms with van der Waals surface area (Å²) in [6.45, 7) is 2.07. The van der Waals surface area contributed by atoms with Gasteiger partial charge in [-0.05, 0) is 49.9 Å². The van der Waals surface area contributed by atoms with E-state index in [1.54, 1.807) is 18.2 Å². The quantitative estimate of drug-likeness (QED) is 0.469. The molecule has 3 amide bonds. The topological polar surface area (TPSA) is 122 Å². The van der Waals surface area contributed by atoms with Crippen LogP contribution in [0.4, 0.5) is 11.4 Å². The molecule has 1 fully saturated rings. The molecule has 0 radical (unpaired) electrons. The Morgan fingerprint density at radius 1 is 1.10 bits per heavy atom. The Balaban J connectivity index is 1.16. The molecule has 11 heteroatoms. The number of anilines is 1. The molecule has 1 aliphatic carbocycles. The predicted molar refractivity (Wildman–Crippen MR) is 158 cm³/mol. The Bertz CT molecular complexity index is 1420. The van der Waals surface area contributed by atoms with E-state index in [0.29, 0.717) is 46.7 Å². The van der Waals surface area contributed by atoms with Crippen LogP contribution in [0.25, 0.3) is 0 Å². The van der Waals surface area contributed by atoms with Crippen LogP contribution >= 0.6 is 11.8 Å². The zero-order valence-corrected chi connectivity index (χ0v) is 23.7. The summed E-state index contributed by atoms with van der Waals surface area (Å²) < 4.78 is 10.8. The predicted octanol–water partition coefficient (Wildman–Crippen LogP) is 4.75. The van der Waals surface area contributed by atoms with Crippen LogP contribution in [0.2, 0.25) is 0 Å². The molecule has 4 aliphatic rings. The fourth-order valence-corrected chi connectivity index (χ4v) is 6.55. The first-order chi connectivity index (χ1) is 20.0. The van der Waals surface area contributed by atoms with Crippen molar-refractivity contribution in [3.8, 4) is 11.5 Å². The van der Waals surface area contributed by atoms with Crippen molar-refractivity contribution >= 4 is 51.9 Å². The van der Waals surface area contributed by atoms with E-state index >= 15 is 0 Å². The minimum absolute atomic E-state index is 0.0373. The Morgan fingerprint density at radius 2 is 1.90 bits per heavy atom. The number of fused-ring (bicyclic) bond motifs is 4. The van der Waals surface area contributed by atoms with Gasteiger partial charge in [-0.3, -0.25) is 19.4 Å². The lowest BCUT2D eigenvalue weighted by Gasteiger charge is -2.27. The Labute approximate surface area is 243 Å². The van der Waals surface area contributed by atoms with E-state index in [-0.39, 0.29) is 37.0 Å². The minimum atomic E-state index is -0.679. The van der Waals surface area contributed by atoms with E-state index in [1.807, 2.05) is 31.2 Å². The molecule has 2 atom stereocenters. The van der Waals surface area contributed by atoms with Crippen molar-refractivity contribution in [3.05, 3.63) is 48.0 Å². The molecule has 10 nitrogen and oxygen atoms in total. The summed E-state index contributed by atoms with van der Waals surface area (Å²) in [5.41, 5.74) is 2.05. The number of amides is 3. The highest BCUT2D eigenvalue weighted by molar-refractivity contribution is 8.15. The summed E-state index contributed by atoms with van der Waals surface area (Å²) >= 11 is 1.24. The number of ether oxygens (including phenoxy) is 2. The molecule has 2 N–H and O–H groups in total. The van der Waals surface area contributed by atoms with Crippen LogP contribution in [0.3, 0.4) is 0 Å². The first-order valence-electron chi connectivity index (χ1n) is 14.3. The molecule has 41 heavy (non-hydrogen) atoms. The van der Waals surface area contributed by atoms with Crippen molar-refractivity contribution < 1.29 is 23.9 Å². The van der Waals surface area contributed by atoms with Crippen molar-refractivity contribution in [2.75, 3.05) is 12.1 Å². The van der Waals surface area contributed by atoms with Gasteiger partial charge in [-0.2, -0.15) is 0 Å². The molecule has 0 unspecified atom stereocenters. The van der Waals surface area contributed by atoms with E-state index < -0.39 is 11.3 Å². The summed E-state index contributed by atoms with van der Waals surface area (Å²) in [7, 11) is 0. The van der Waals surface area contributed by atoms with Crippen molar-refractivity contribution in [2.45, 2.75) is 75.6 Å². The van der Waals surface area contributed by atoms with Gasteiger partial charge in [-0.25, -0.2) is 9.89 Å². The van der Waals surface area contributed by atoms with Gasteiger partial charge in [0.25, 0.3) is 5.91 Å². The maximum absolute atomic E-state index is 13.7. The van der Waals surface area contributed by atoms with Gasteiger partial charge in [0.05, 0.1) is 10.9 Å². The van der Waals surface area contributed by atoms with Gasteiger partial charge < -0.3 is 20.1 Å². The summed E-state index contributed by atoms with van der Waals surface area (Å²) in [6.07, 6.45) is 6.59. The van der Waals surface area contributed by atoms with Gasteiger partial charge in [-0.1, -0.05) is 50.1 Å². The smallest absolute Gasteiger partial charge is 0.259 e. The number of aliphatic imine (C=N–C) groups is 2. The normalized spacial score (nSPS) is 20.1. The number of nitrogens with one attached hydrogen (secondary N) is 2. The van der Waals surface area contributed by atoms with Crippen LogP contribution in [0.15, 0.2) is 52.4 Å². The van der Waals surface area contributed by atoms with Crippen LogP contribution < -0.4 is 20.1 Å². The number of carbonyl (C=O) groups excluding carboxylic acids is 3. The molecule has 6 rings (SSSR count). The maximum Gasteiger partial charge on any atom is 0.259 e. The van der Waals surface area contributed by atoms with Crippen molar-refractivity contribution in [1.29, 1.82) is 0 Å². The second kappa shape index (κ2) is 11.9. The third-order valence-electron chi connectivity index (χ3n) is 7.71. The van der Waals surface area contributed by atoms with Crippen molar-refractivity contribution in [2.24, 2.45) is 9.98 Å². The number of nitrogens with zero attached hydrogens (tertiary/aromatic N) is 3. The van der Waals surface area contributed by atoms with Gasteiger partial charge in [0, 0.05) is 29.8 Å². The Hall–Kier alpha value is -3.86. The van der Waals surface area contributed by atoms with E-state index in [0.717, 1.165) is 31.2 Å². The lowest BCUT2D eigenvalue weighted by molar-refractivity contribution is -0.125. The number of amidine groups is 2. The van der Waals surface area contributed by atoms with Crippen LogP contribution in [-0.2, 0) is 14.4 Å². The summed E-state index contributed by atoms with van der Waals surface area (Å²) in [4.78, 5) is 50.7. The van der Waals surface area contributed by atoms with Crippen LogP contribution in [0.1, 0.15) is 63.9 Å². The first kappa shape index (κ1) is 27.3. The molecule has 2 aromatic rings. The Morgan fingerprint density at radius 3 is 2.73 bits per heavy atom. The molecule has 3 aliphatic heterocycles. The second-order valence-corrected chi connectivity index (χ2v) is 11.7. The van der Waals surface area contributed by atoms with Gasteiger partial charge in [0.15, 0.2) is 16.7 Å². The van der Waals surface area contributed by atoms with Gasteiger partial charge in [-0.15, -0.1) is 0 Å². The molecular weight excluding hydrogens is 542 g/mol. The highest BCUT2D eigenvalue weighted by atomic mass is 32.2.